The molecule has 0 fully saturated rings. The van der Waals surface area contributed by atoms with Gasteiger partial charge in [0.2, 0.25) is 0 Å². The van der Waals surface area contributed by atoms with E-state index in [0.717, 1.165) is 5.56 Å². The molecular formula is C10H14Na2O2+2. The smallest absolute Gasteiger partial charge is 0.508 e. The fraction of sp³-hybridized carbons (Fsp3) is 0.400. The molecule has 0 aliphatic rings. The Hall–Kier alpha value is 0.820. The average Bonchev–Trinajstić information content (AvgIpc) is 1.92. The Balaban J connectivity index is 0. The first kappa shape index (κ1) is 17.2. The van der Waals surface area contributed by atoms with Crippen molar-refractivity contribution in [3.63, 3.8) is 0 Å². The maximum atomic E-state index is 9.46. The number of hydrogen-bond donors (Lipinski definition) is 2. The van der Waals surface area contributed by atoms with Gasteiger partial charge in [0.05, 0.1) is 0 Å². The first-order chi connectivity index (χ1) is 5.41. The van der Waals surface area contributed by atoms with Crippen LogP contribution in [0.15, 0.2) is 18.2 Å². The van der Waals surface area contributed by atoms with Gasteiger partial charge in [-0.05, 0) is 23.6 Å². The molecule has 0 bridgehead atoms. The maximum Gasteiger partial charge on any atom is 1.00 e. The first-order valence-corrected chi connectivity index (χ1v) is 3.94. The number of benzene rings is 1. The van der Waals surface area contributed by atoms with Gasteiger partial charge in [0, 0.05) is 5.56 Å². The fourth-order valence-corrected chi connectivity index (χ4v) is 1.12. The predicted molar refractivity (Wildman–Crippen MR) is 48.5 cm³/mol. The van der Waals surface area contributed by atoms with Gasteiger partial charge >= 0.3 is 59.1 Å². The third-order valence-electron chi connectivity index (χ3n) is 1.79. The van der Waals surface area contributed by atoms with Crippen LogP contribution in [0.2, 0.25) is 0 Å². The maximum absolute atomic E-state index is 9.46. The molecule has 0 atom stereocenters. The van der Waals surface area contributed by atoms with Gasteiger partial charge in [-0.25, -0.2) is 0 Å². The molecule has 0 saturated carbocycles. The van der Waals surface area contributed by atoms with E-state index in [1.165, 1.54) is 12.1 Å². The molecule has 4 heteroatoms. The molecule has 2 N–H and O–H groups in total. The summed E-state index contributed by atoms with van der Waals surface area (Å²) in [4.78, 5) is 0. The van der Waals surface area contributed by atoms with Crippen LogP contribution in [0.4, 0.5) is 0 Å². The largest absolute Gasteiger partial charge is 1.00 e. The van der Waals surface area contributed by atoms with Crippen LogP contribution in [0.25, 0.3) is 0 Å². The van der Waals surface area contributed by atoms with Crippen LogP contribution < -0.4 is 59.1 Å². The molecule has 0 saturated heterocycles. The van der Waals surface area contributed by atoms with Crippen LogP contribution in [-0.2, 0) is 5.41 Å². The van der Waals surface area contributed by atoms with Gasteiger partial charge < -0.3 is 10.2 Å². The second-order valence-corrected chi connectivity index (χ2v) is 3.95. The third kappa shape index (κ3) is 4.56. The SMILES string of the molecule is CC(C)(C)c1cc(O)ccc1O.[Na+].[Na+]. The summed E-state index contributed by atoms with van der Waals surface area (Å²) in [5.74, 6) is 0.429. The molecule has 0 radical (unpaired) electrons. The number of rotatable bonds is 0. The van der Waals surface area contributed by atoms with Crippen molar-refractivity contribution in [2.24, 2.45) is 0 Å². The summed E-state index contributed by atoms with van der Waals surface area (Å²) >= 11 is 0. The molecule has 0 spiro atoms. The molecule has 14 heavy (non-hydrogen) atoms. The topological polar surface area (TPSA) is 40.5 Å². The van der Waals surface area contributed by atoms with Crippen LogP contribution in [0.3, 0.4) is 0 Å². The molecular weight excluding hydrogens is 198 g/mol. The standard InChI is InChI=1S/C10H14O2.2Na/c1-10(2,3)8-6-7(11)4-5-9(8)12;;/h4-6,11-12H,1-3H3;;/q;2*+1. The molecule has 0 amide bonds. The normalized spacial score (nSPS) is 9.93. The minimum atomic E-state index is -0.136. The van der Waals surface area contributed by atoms with Crippen molar-refractivity contribution in [1.29, 1.82) is 0 Å². The van der Waals surface area contributed by atoms with Crippen molar-refractivity contribution in [3.05, 3.63) is 23.8 Å². The number of phenolic OH excluding ortho intramolecular Hbond substituents is 2. The van der Waals surface area contributed by atoms with Crippen LogP contribution in [0.5, 0.6) is 11.5 Å². The van der Waals surface area contributed by atoms with Crippen molar-refractivity contribution in [2.75, 3.05) is 0 Å². The summed E-state index contributed by atoms with van der Waals surface area (Å²) in [5, 5.41) is 18.6. The van der Waals surface area contributed by atoms with Crippen molar-refractivity contribution in [2.45, 2.75) is 26.2 Å². The zero-order valence-electron chi connectivity index (χ0n) is 9.63. The molecule has 1 rings (SSSR count). The van der Waals surface area contributed by atoms with E-state index in [0.29, 0.717) is 0 Å². The zero-order valence-corrected chi connectivity index (χ0v) is 13.6. The van der Waals surface area contributed by atoms with Gasteiger partial charge in [0.25, 0.3) is 0 Å². The molecule has 2 nitrogen and oxygen atoms in total. The van der Waals surface area contributed by atoms with Crippen LogP contribution in [0, 0.1) is 0 Å². The summed E-state index contributed by atoms with van der Waals surface area (Å²) in [6.07, 6.45) is 0. The number of aromatic hydroxyl groups is 2. The van der Waals surface area contributed by atoms with Gasteiger partial charge in [0.15, 0.2) is 0 Å². The van der Waals surface area contributed by atoms with Crippen molar-refractivity contribution in [3.8, 4) is 11.5 Å². The first-order valence-electron chi connectivity index (χ1n) is 3.94. The minimum absolute atomic E-state index is 0. The van der Waals surface area contributed by atoms with Crippen LogP contribution in [0.1, 0.15) is 26.3 Å². The van der Waals surface area contributed by atoms with Gasteiger partial charge in [-0.15, -0.1) is 0 Å². The molecule has 0 heterocycles. The molecule has 1 aromatic carbocycles. The van der Waals surface area contributed by atoms with Gasteiger partial charge in [-0.1, -0.05) is 20.8 Å². The summed E-state index contributed by atoms with van der Waals surface area (Å²) in [6.45, 7) is 5.96. The van der Waals surface area contributed by atoms with E-state index in [4.69, 9.17) is 0 Å². The van der Waals surface area contributed by atoms with Gasteiger partial charge in [-0.2, -0.15) is 0 Å². The molecule has 0 aliphatic heterocycles. The van der Waals surface area contributed by atoms with Gasteiger partial charge in [0.1, 0.15) is 11.5 Å². The molecule has 0 aromatic heterocycles. The Morgan fingerprint density at radius 3 is 1.86 bits per heavy atom. The average molecular weight is 212 g/mol. The van der Waals surface area contributed by atoms with Crippen molar-refractivity contribution < 1.29 is 69.3 Å². The molecule has 0 aliphatic carbocycles. The van der Waals surface area contributed by atoms with E-state index >= 15 is 0 Å². The third-order valence-corrected chi connectivity index (χ3v) is 1.79. The summed E-state index contributed by atoms with van der Waals surface area (Å²) in [6, 6.07) is 4.58. The summed E-state index contributed by atoms with van der Waals surface area (Å²) in [5.41, 5.74) is 0.630. The van der Waals surface area contributed by atoms with E-state index in [2.05, 4.69) is 0 Å². The number of hydrogen-bond acceptors (Lipinski definition) is 2. The second kappa shape index (κ2) is 6.41. The van der Waals surface area contributed by atoms with E-state index in [9.17, 15) is 10.2 Å². The monoisotopic (exact) mass is 212 g/mol. The van der Waals surface area contributed by atoms with E-state index in [1.807, 2.05) is 20.8 Å². The summed E-state index contributed by atoms with van der Waals surface area (Å²) in [7, 11) is 0. The van der Waals surface area contributed by atoms with Crippen molar-refractivity contribution >= 4 is 0 Å². The van der Waals surface area contributed by atoms with Crippen LogP contribution in [-0.4, -0.2) is 10.2 Å². The second-order valence-electron chi connectivity index (χ2n) is 3.95. The van der Waals surface area contributed by atoms with E-state index in [1.54, 1.807) is 6.07 Å². The molecule has 1 aromatic rings. The number of phenols is 2. The van der Waals surface area contributed by atoms with E-state index < -0.39 is 0 Å². The Morgan fingerprint density at radius 2 is 1.50 bits per heavy atom. The Morgan fingerprint density at radius 1 is 1.00 bits per heavy atom. The fourth-order valence-electron chi connectivity index (χ4n) is 1.12. The molecule has 66 valence electrons. The Labute approximate surface area is 129 Å². The van der Waals surface area contributed by atoms with Crippen molar-refractivity contribution in [1.82, 2.24) is 0 Å². The Kier molecular flexibility index (Phi) is 7.89. The van der Waals surface area contributed by atoms with Crippen LogP contribution >= 0.6 is 0 Å². The molecule has 0 unspecified atom stereocenters. The minimum Gasteiger partial charge on any atom is -0.508 e. The quantitative estimate of drug-likeness (QED) is 0.345. The van der Waals surface area contributed by atoms with Gasteiger partial charge in [-0.3, -0.25) is 0 Å². The van der Waals surface area contributed by atoms with E-state index in [-0.39, 0.29) is 76.0 Å². The summed E-state index contributed by atoms with van der Waals surface area (Å²) < 4.78 is 0. The Bertz CT molecular complexity index is 293. The zero-order chi connectivity index (χ0) is 9.35. The predicted octanol–water partition coefficient (Wildman–Crippen LogP) is -3.60.